The Balaban J connectivity index is 2.42. The molecule has 0 unspecified atom stereocenters. The Bertz CT molecular complexity index is 376. The zero-order chi connectivity index (χ0) is 10.1. The molecule has 3 heteroatoms. The van der Waals surface area contributed by atoms with Gasteiger partial charge in [-0.15, -0.1) is 0 Å². The molecule has 1 aliphatic heterocycles. The highest BCUT2D eigenvalue weighted by Gasteiger charge is 2.25. The summed E-state index contributed by atoms with van der Waals surface area (Å²) in [7, 11) is 0. The van der Waals surface area contributed by atoms with Crippen molar-refractivity contribution < 1.29 is 4.79 Å². The van der Waals surface area contributed by atoms with Crippen LogP contribution in [0.4, 0.5) is 5.69 Å². The quantitative estimate of drug-likeness (QED) is 0.742. The van der Waals surface area contributed by atoms with Gasteiger partial charge in [0.05, 0.1) is 6.42 Å². The molecule has 0 atom stereocenters. The Morgan fingerprint density at radius 3 is 2.93 bits per heavy atom. The van der Waals surface area contributed by atoms with Gasteiger partial charge in [-0.2, -0.15) is 0 Å². The second-order valence-electron chi connectivity index (χ2n) is 3.41. The van der Waals surface area contributed by atoms with Crippen LogP contribution in [0.5, 0.6) is 0 Å². The van der Waals surface area contributed by atoms with E-state index in [1.165, 1.54) is 5.56 Å². The fourth-order valence-corrected chi connectivity index (χ4v) is 2.22. The van der Waals surface area contributed by atoms with Gasteiger partial charge >= 0.3 is 0 Å². The van der Waals surface area contributed by atoms with Gasteiger partial charge in [0.25, 0.3) is 0 Å². The summed E-state index contributed by atoms with van der Waals surface area (Å²) in [5, 5.41) is 0.848. The molecule has 2 nitrogen and oxygen atoms in total. The van der Waals surface area contributed by atoms with Crippen LogP contribution in [-0.2, 0) is 16.5 Å². The van der Waals surface area contributed by atoms with Crippen molar-refractivity contribution >= 4 is 27.5 Å². The summed E-state index contributed by atoms with van der Waals surface area (Å²) in [6.45, 7) is 2.77. The van der Waals surface area contributed by atoms with Gasteiger partial charge in [0.1, 0.15) is 0 Å². The van der Waals surface area contributed by atoms with Crippen molar-refractivity contribution in [2.45, 2.75) is 18.7 Å². The Kier molecular flexibility index (Phi) is 2.59. The van der Waals surface area contributed by atoms with Gasteiger partial charge in [0.2, 0.25) is 5.91 Å². The molecule has 1 amide bonds. The first-order chi connectivity index (χ1) is 6.76. The average molecular weight is 254 g/mol. The highest BCUT2D eigenvalue weighted by atomic mass is 79.9. The standard InChI is InChI=1S/C11H12BrNO/c1-2-13-10-4-3-8(7-12)5-9(10)6-11(13)14/h3-5H,2,6-7H2,1H3. The first-order valence-corrected chi connectivity index (χ1v) is 5.86. The number of rotatable bonds is 2. The molecule has 0 N–H and O–H groups in total. The molecule has 74 valence electrons. The minimum absolute atomic E-state index is 0.217. The highest BCUT2D eigenvalue weighted by molar-refractivity contribution is 9.08. The second-order valence-corrected chi connectivity index (χ2v) is 3.97. The van der Waals surface area contributed by atoms with Crippen molar-refractivity contribution in [3.63, 3.8) is 0 Å². The number of hydrogen-bond donors (Lipinski definition) is 0. The number of fused-ring (bicyclic) bond motifs is 1. The smallest absolute Gasteiger partial charge is 0.231 e. The monoisotopic (exact) mass is 253 g/mol. The van der Waals surface area contributed by atoms with E-state index in [0.29, 0.717) is 6.42 Å². The van der Waals surface area contributed by atoms with Gasteiger partial charge in [-0.05, 0) is 24.1 Å². The molecule has 0 saturated heterocycles. The van der Waals surface area contributed by atoms with Gasteiger partial charge in [0.15, 0.2) is 0 Å². The predicted molar refractivity (Wildman–Crippen MR) is 60.8 cm³/mol. The summed E-state index contributed by atoms with van der Waals surface area (Å²) in [6, 6.07) is 6.22. The number of anilines is 1. The molecule has 0 aromatic heterocycles. The summed E-state index contributed by atoms with van der Waals surface area (Å²) in [5.74, 6) is 0.217. The van der Waals surface area contributed by atoms with Crippen molar-refractivity contribution in [1.82, 2.24) is 0 Å². The number of likely N-dealkylation sites (N-methyl/N-ethyl adjacent to an activating group) is 1. The second kappa shape index (κ2) is 3.73. The fraction of sp³-hybridized carbons (Fsp3) is 0.364. The molecule has 0 radical (unpaired) electrons. The van der Waals surface area contributed by atoms with Crippen LogP contribution >= 0.6 is 15.9 Å². The lowest BCUT2D eigenvalue weighted by molar-refractivity contribution is -0.117. The summed E-state index contributed by atoms with van der Waals surface area (Å²) in [4.78, 5) is 13.4. The number of benzene rings is 1. The van der Waals surface area contributed by atoms with E-state index in [-0.39, 0.29) is 5.91 Å². The maximum Gasteiger partial charge on any atom is 0.231 e. The van der Waals surface area contributed by atoms with Gasteiger partial charge < -0.3 is 4.90 Å². The minimum atomic E-state index is 0.217. The topological polar surface area (TPSA) is 20.3 Å². The van der Waals surface area contributed by atoms with E-state index < -0.39 is 0 Å². The zero-order valence-electron chi connectivity index (χ0n) is 8.09. The van der Waals surface area contributed by atoms with Gasteiger partial charge in [-0.1, -0.05) is 28.1 Å². The SMILES string of the molecule is CCN1C(=O)Cc2cc(CBr)ccc21. The Hall–Kier alpha value is -0.830. The number of hydrogen-bond acceptors (Lipinski definition) is 1. The van der Waals surface area contributed by atoms with Crippen molar-refractivity contribution in [3.05, 3.63) is 29.3 Å². The van der Waals surface area contributed by atoms with Crippen molar-refractivity contribution in [3.8, 4) is 0 Å². The number of carbonyl (C=O) groups excluding carboxylic acids is 1. The number of alkyl halides is 1. The van der Waals surface area contributed by atoms with Crippen molar-refractivity contribution in [1.29, 1.82) is 0 Å². The predicted octanol–water partition coefficient (Wildman–Crippen LogP) is 2.49. The lowest BCUT2D eigenvalue weighted by Gasteiger charge is -2.14. The molecular weight excluding hydrogens is 242 g/mol. The van der Waals surface area contributed by atoms with E-state index in [1.54, 1.807) is 0 Å². The van der Waals surface area contributed by atoms with E-state index >= 15 is 0 Å². The lowest BCUT2D eigenvalue weighted by Crippen LogP contribution is -2.25. The van der Waals surface area contributed by atoms with Crippen molar-refractivity contribution in [2.24, 2.45) is 0 Å². The average Bonchev–Trinajstić information content (AvgIpc) is 2.51. The molecule has 14 heavy (non-hydrogen) atoms. The van der Waals surface area contributed by atoms with Crippen LogP contribution in [0, 0.1) is 0 Å². The van der Waals surface area contributed by atoms with Crippen LogP contribution in [0.1, 0.15) is 18.1 Å². The third-order valence-electron chi connectivity index (χ3n) is 2.55. The molecule has 1 aliphatic rings. The molecule has 1 aromatic rings. The van der Waals surface area contributed by atoms with E-state index in [0.717, 1.165) is 23.1 Å². The molecule has 0 saturated carbocycles. The minimum Gasteiger partial charge on any atom is -0.312 e. The third-order valence-corrected chi connectivity index (χ3v) is 3.20. The molecule has 0 fully saturated rings. The Morgan fingerprint density at radius 1 is 1.50 bits per heavy atom. The van der Waals surface area contributed by atoms with Gasteiger partial charge in [0, 0.05) is 17.6 Å². The molecule has 1 aromatic carbocycles. The Labute approximate surface area is 92.0 Å². The third kappa shape index (κ3) is 1.46. The lowest BCUT2D eigenvalue weighted by atomic mass is 10.1. The maximum absolute atomic E-state index is 11.6. The van der Waals surface area contributed by atoms with E-state index in [4.69, 9.17) is 0 Å². The van der Waals surface area contributed by atoms with Crippen LogP contribution in [0.2, 0.25) is 0 Å². The van der Waals surface area contributed by atoms with Crippen LogP contribution in [0.3, 0.4) is 0 Å². The molecule has 0 spiro atoms. The van der Waals surface area contributed by atoms with Gasteiger partial charge in [-0.3, -0.25) is 4.79 Å². The number of nitrogens with zero attached hydrogens (tertiary/aromatic N) is 1. The molecule has 0 aliphatic carbocycles. The Morgan fingerprint density at radius 2 is 2.29 bits per heavy atom. The van der Waals surface area contributed by atoms with Crippen LogP contribution in [-0.4, -0.2) is 12.5 Å². The number of carbonyl (C=O) groups is 1. The summed E-state index contributed by atoms with van der Waals surface area (Å²) in [5.41, 5.74) is 3.48. The normalized spacial score (nSPS) is 14.7. The number of halogens is 1. The van der Waals surface area contributed by atoms with Crippen LogP contribution in [0.15, 0.2) is 18.2 Å². The van der Waals surface area contributed by atoms with E-state index in [9.17, 15) is 4.79 Å². The first kappa shape index (κ1) is 9.71. The largest absolute Gasteiger partial charge is 0.312 e. The van der Waals surface area contributed by atoms with E-state index in [1.807, 2.05) is 17.9 Å². The number of amides is 1. The van der Waals surface area contributed by atoms with Crippen LogP contribution in [0.25, 0.3) is 0 Å². The van der Waals surface area contributed by atoms with Crippen molar-refractivity contribution in [2.75, 3.05) is 11.4 Å². The fourth-order valence-electron chi connectivity index (χ4n) is 1.87. The summed E-state index contributed by atoms with van der Waals surface area (Å²) >= 11 is 3.41. The van der Waals surface area contributed by atoms with Crippen LogP contribution < -0.4 is 4.90 Å². The van der Waals surface area contributed by atoms with Gasteiger partial charge in [-0.25, -0.2) is 0 Å². The molecular formula is C11H12BrNO. The molecule has 1 heterocycles. The maximum atomic E-state index is 11.6. The summed E-state index contributed by atoms with van der Waals surface area (Å²) < 4.78 is 0. The highest BCUT2D eigenvalue weighted by Crippen LogP contribution is 2.29. The molecule has 0 bridgehead atoms. The summed E-state index contributed by atoms with van der Waals surface area (Å²) in [6.07, 6.45) is 0.560. The van der Waals surface area contributed by atoms with E-state index in [2.05, 4.69) is 28.1 Å². The zero-order valence-corrected chi connectivity index (χ0v) is 9.67. The molecule has 2 rings (SSSR count). The first-order valence-electron chi connectivity index (χ1n) is 4.74.